The number of nitrogens with zero attached hydrogens (tertiary/aromatic N) is 3. The lowest BCUT2D eigenvalue weighted by Gasteiger charge is -2.17. The van der Waals surface area contributed by atoms with Gasteiger partial charge in [-0.15, -0.1) is 0 Å². The summed E-state index contributed by atoms with van der Waals surface area (Å²) in [7, 11) is -5.50. The number of halogens is 3. The number of sulfonamides is 1. The van der Waals surface area contributed by atoms with E-state index in [0.717, 1.165) is 0 Å². The van der Waals surface area contributed by atoms with E-state index >= 15 is 0 Å². The molecule has 166 valence electrons. The maximum Gasteiger partial charge on any atom is 0.511 e. The zero-order valence-corrected chi connectivity index (χ0v) is 17.3. The molecule has 0 aliphatic rings. The first-order valence-electron chi connectivity index (χ1n) is 8.59. The van der Waals surface area contributed by atoms with E-state index in [0.29, 0.717) is 11.6 Å². The van der Waals surface area contributed by atoms with Crippen LogP contribution in [0.1, 0.15) is 47.7 Å². The van der Waals surface area contributed by atoms with Crippen LogP contribution >= 0.6 is 0 Å². The number of amides is 1. The standard InChI is InChI=1S/C16H20F3N5O5S/c1-8(24-30(26,27)16(17,18)19)7-28-12-5-13(9(2)20-6-12)15(25)21-10(3)14-22-11(4)29-23-14/h5-6,8,10,24H,7H2,1-4H3,(H,21,25)/t8-,10?/m0/s1. The smallest absolute Gasteiger partial charge is 0.490 e. The number of nitrogens with one attached hydrogen (secondary N) is 2. The van der Waals surface area contributed by atoms with Gasteiger partial charge >= 0.3 is 15.5 Å². The van der Waals surface area contributed by atoms with Gasteiger partial charge in [0.1, 0.15) is 12.4 Å². The van der Waals surface area contributed by atoms with Crippen molar-refractivity contribution in [3.63, 3.8) is 0 Å². The van der Waals surface area contributed by atoms with E-state index in [4.69, 9.17) is 9.26 Å². The fourth-order valence-electron chi connectivity index (χ4n) is 2.24. The first-order chi connectivity index (χ1) is 13.8. The summed E-state index contributed by atoms with van der Waals surface area (Å²) in [6.45, 7) is 5.63. The number of carbonyl (C=O) groups is 1. The van der Waals surface area contributed by atoms with Gasteiger partial charge in [0.2, 0.25) is 5.89 Å². The molecule has 0 saturated heterocycles. The van der Waals surface area contributed by atoms with Gasteiger partial charge in [-0.1, -0.05) is 5.16 Å². The Balaban J connectivity index is 2.03. The average Bonchev–Trinajstić information content (AvgIpc) is 3.06. The van der Waals surface area contributed by atoms with Gasteiger partial charge in [-0.05, 0) is 26.8 Å². The van der Waals surface area contributed by atoms with E-state index in [1.54, 1.807) is 20.8 Å². The molecule has 0 aliphatic heterocycles. The van der Waals surface area contributed by atoms with Crippen LogP contribution in [0.3, 0.4) is 0 Å². The molecule has 0 bridgehead atoms. The van der Waals surface area contributed by atoms with Crippen molar-refractivity contribution in [2.45, 2.75) is 45.3 Å². The molecule has 0 fully saturated rings. The summed E-state index contributed by atoms with van der Waals surface area (Å²) in [5.41, 5.74) is -4.89. The summed E-state index contributed by atoms with van der Waals surface area (Å²) < 4.78 is 71.1. The molecule has 0 radical (unpaired) electrons. The van der Waals surface area contributed by atoms with Crippen molar-refractivity contribution < 1.29 is 35.6 Å². The molecule has 2 aromatic rings. The summed E-state index contributed by atoms with van der Waals surface area (Å²) in [6.07, 6.45) is 1.27. The SMILES string of the molecule is Cc1nc(C(C)NC(=O)c2cc(OC[C@H](C)NS(=O)(=O)C(F)(F)F)cnc2C)no1. The monoisotopic (exact) mass is 451 g/mol. The number of hydrogen-bond acceptors (Lipinski definition) is 8. The maximum atomic E-state index is 12.5. The van der Waals surface area contributed by atoms with Crippen LogP contribution in [0.2, 0.25) is 0 Å². The summed E-state index contributed by atoms with van der Waals surface area (Å²) in [5.74, 6) is 0.192. The molecule has 1 amide bonds. The van der Waals surface area contributed by atoms with E-state index in [9.17, 15) is 26.4 Å². The van der Waals surface area contributed by atoms with Crippen molar-refractivity contribution in [1.29, 1.82) is 0 Å². The Kier molecular flexibility index (Phi) is 7.02. The van der Waals surface area contributed by atoms with Gasteiger partial charge in [-0.3, -0.25) is 9.78 Å². The van der Waals surface area contributed by atoms with Crippen molar-refractivity contribution in [2.24, 2.45) is 0 Å². The number of aryl methyl sites for hydroxylation is 2. The van der Waals surface area contributed by atoms with Crippen molar-refractivity contribution in [2.75, 3.05) is 6.61 Å². The summed E-state index contributed by atoms with van der Waals surface area (Å²) >= 11 is 0. The Hall–Kier alpha value is -2.74. The highest BCUT2D eigenvalue weighted by Gasteiger charge is 2.46. The molecule has 0 saturated carbocycles. The van der Waals surface area contributed by atoms with Crippen molar-refractivity contribution in [1.82, 2.24) is 25.2 Å². The van der Waals surface area contributed by atoms with E-state index < -0.39 is 40.1 Å². The van der Waals surface area contributed by atoms with Gasteiger partial charge in [-0.25, -0.2) is 13.1 Å². The minimum Gasteiger partial charge on any atom is -0.490 e. The molecule has 10 nitrogen and oxygen atoms in total. The second-order valence-corrected chi connectivity index (χ2v) is 8.16. The predicted molar refractivity (Wildman–Crippen MR) is 97.0 cm³/mol. The van der Waals surface area contributed by atoms with E-state index in [-0.39, 0.29) is 17.1 Å². The molecule has 0 aliphatic carbocycles. The average molecular weight is 451 g/mol. The van der Waals surface area contributed by atoms with Crippen LogP contribution in [0.4, 0.5) is 13.2 Å². The van der Waals surface area contributed by atoms with Gasteiger partial charge < -0.3 is 14.6 Å². The molecular formula is C16H20F3N5O5S. The Bertz CT molecular complexity index is 1010. The van der Waals surface area contributed by atoms with Gasteiger partial charge in [0.05, 0.1) is 29.5 Å². The fraction of sp³-hybridized carbons (Fsp3) is 0.500. The molecular weight excluding hydrogens is 431 g/mol. The number of pyridine rings is 1. The zero-order valence-electron chi connectivity index (χ0n) is 16.4. The topological polar surface area (TPSA) is 136 Å². The highest BCUT2D eigenvalue weighted by atomic mass is 32.2. The van der Waals surface area contributed by atoms with E-state index in [1.165, 1.54) is 23.9 Å². The van der Waals surface area contributed by atoms with Crippen LogP contribution in [0, 0.1) is 13.8 Å². The summed E-state index contributed by atoms with van der Waals surface area (Å²) in [6, 6.07) is -0.399. The Morgan fingerprint density at radius 2 is 1.97 bits per heavy atom. The number of alkyl halides is 3. The highest BCUT2D eigenvalue weighted by molar-refractivity contribution is 7.90. The van der Waals surface area contributed by atoms with Crippen LogP contribution < -0.4 is 14.8 Å². The molecule has 1 unspecified atom stereocenters. The lowest BCUT2D eigenvalue weighted by atomic mass is 10.1. The van der Waals surface area contributed by atoms with Crippen molar-refractivity contribution in [3.05, 3.63) is 35.2 Å². The molecule has 2 atom stereocenters. The minimum absolute atomic E-state index is 0.0758. The molecule has 2 rings (SSSR count). The lowest BCUT2D eigenvalue weighted by Crippen LogP contribution is -2.43. The second kappa shape index (κ2) is 8.95. The van der Waals surface area contributed by atoms with Gasteiger partial charge in [-0.2, -0.15) is 18.2 Å². The molecule has 2 aromatic heterocycles. The van der Waals surface area contributed by atoms with Gasteiger partial charge in [0.15, 0.2) is 5.82 Å². The lowest BCUT2D eigenvalue weighted by molar-refractivity contribution is -0.0451. The van der Waals surface area contributed by atoms with E-state index in [1.807, 2.05) is 0 Å². The van der Waals surface area contributed by atoms with Crippen LogP contribution in [0.15, 0.2) is 16.8 Å². The first-order valence-corrected chi connectivity index (χ1v) is 10.1. The number of ether oxygens (including phenoxy) is 1. The van der Waals surface area contributed by atoms with E-state index in [2.05, 4.69) is 20.4 Å². The molecule has 14 heteroatoms. The third-order valence-corrected chi connectivity index (χ3v) is 5.07. The summed E-state index contributed by atoms with van der Waals surface area (Å²) in [5, 5.41) is 6.39. The molecule has 0 spiro atoms. The van der Waals surface area contributed by atoms with Crippen LogP contribution in [0.5, 0.6) is 5.75 Å². The maximum absolute atomic E-state index is 12.5. The summed E-state index contributed by atoms with van der Waals surface area (Å²) in [4.78, 5) is 20.6. The normalized spacial score (nSPS) is 14.2. The van der Waals surface area contributed by atoms with Crippen LogP contribution in [-0.4, -0.2) is 47.6 Å². The second-order valence-electron chi connectivity index (χ2n) is 6.45. The molecule has 2 heterocycles. The number of hydrogen-bond donors (Lipinski definition) is 2. The quantitative estimate of drug-likeness (QED) is 0.620. The van der Waals surface area contributed by atoms with Crippen molar-refractivity contribution in [3.8, 4) is 5.75 Å². The number of rotatable bonds is 8. The zero-order chi connectivity index (χ0) is 22.7. The molecule has 0 aromatic carbocycles. The fourth-order valence-corrected chi connectivity index (χ4v) is 2.97. The minimum atomic E-state index is -5.50. The molecule has 2 N–H and O–H groups in total. The predicted octanol–water partition coefficient (Wildman–Crippen LogP) is 1.78. The third kappa shape index (κ3) is 5.89. The Morgan fingerprint density at radius 1 is 1.30 bits per heavy atom. The molecule has 30 heavy (non-hydrogen) atoms. The Labute approximate surface area is 170 Å². The largest absolute Gasteiger partial charge is 0.511 e. The van der Waals surface area contributed by atoms with Crippen LogP contribution in [0.25, 0.3) is 0 Å². The van der Waals surface area contributed by atoms with Gasteiger partial charge in [0.25, 0.3) is 5.91 Å². The van der Waals surface area contributed by atoms with Crippen molar-refractivity contribution >= 4 is 15.9 Å². The number of aromatic nitrogens is 3. The van der Waals surface area contributed by atoms with Gasteiger partial charge in [0, 0.05) is 6.92 Å². The van der Waals surface area contributed by atoms with Crippen LogP contribution in [-0.2, 0) is 10.0 Å². The first kappa shape index (κ1) is 23.5. The Morgan fingerprint density at radius 3 is 2.53 bits per heavy atom. The third-order valence-electron chi connectivity index (χ3n) is 3.75. The number of carbonyl (C=O) groups excluding carboxylic acids is 1. The highest BCUT2D eigenvalue weighted by Crippen LogP contribution is 2.22.